The summed E-state index contributed by atoms with van der Waals surface area (Å²) in [4.78, 5) is 28.5. The minimum atomic E-state index is -0.774. The average molecular weight is 481 g/mol. The molecule has 4 nitrogen and oxygen atoms in total. The molecule has 0 saturated heterocycles. The Hall–Kier alpha value is -3.18. The quantitative estimate of drug-likeness (QED) is 0.440. The van der Waals surface area contributed by atoms with Crippen LogP contribution in [0.3, 0.4) is 0 Å². The smallest absolute Gasteiger partial charge is 0.243 e. The molecule has 6 heteroatoms. The largest absolute Gasteiger partial charge is 0.352 e. The van der Waals surface area contributed by atoms with Crippen LogP contribution in [0.5, 0.6) is 0 Å². The first-order valence-electron chi connectivity index (χ1n) is 11.4. The Balaban J connectivity index is 2.00. The second-order valence-electron chi connectivity index (χ2n) is 8.75. The number of benzene rings is 3. The van der Waals surface area contributed by atoms with Gasteiger partial charge in [-0.15, -0.1) is 0 Å². The summed E-state index contributed by atoms with van der Waals surface area (Å²) in [7, 11) is 0. The van der Waals surface area contributed by atoms with Crippen LogP contribution in [0.4, 0.5) is 4.39 Å². The second-order valence-corrected chi connectivity index (χ2v) is 9.16. The van der Waals surface area contributed by atoms with E-state index in [2.05, 4.69) is 5.32 Å². The van der Waals surface area contributed by atoms with Crippen LogP contribution >= 0.6 is 11.6 Å². The maximum atomic E-state index is 14.5. The standard InChI is InChI=1S/C28H30ClFN2O2/c1-19(2)31-28(34)26(16-21-8-5-4-6-9-21)32(18-22-14-12-20(3)13-15-22)27(33)17-23-24(29)10-7-11-25(23)30/h4-15,19,26H,16-18H2,1-3H3,(H,31,34)/t26-/m1/s1. The van der Waals surface area contributed by atoms with Crippen LogP contribution in [-0.4, -0.2) is 28.8 Å². The molecule has 0 aromatic heterocycles. The molecule has 2 amide bonds. The van der Waals surface area contributed by atoms with Crippen molar-refractivity contribution in [3.63, 3.8) is 0 Å². The van der Waals surface area contributed by atoms with Gasteiger partial charge in [0.1, 0.15) is 11.9 Å². The van der Waals surface area contributed by atoms with E-state index in [0.29, 0.717) is 6.42 Å². The number of carbonyl (C=O) groups is 2. The number of amides is 2. The van der Waals surface area contributed by atoms with Gasteiger partial charge < -0.3 is 10.2 Å². The molecule has 0 saturated carbocycles. The maximum absolute atomic E-state index is 14.5. The van der Waals surface area contributed by atoms with Crippen LogP contribution in [0.1, 0.15) is 36.1 Å². The lowest BCUT2D eigenvalue weighted by Gasteiger charge is -2.32. The molecule has 0 aliphatic carbocycles. The lowest BCUT2D eigenvalue weighted by molar-refractivity contribution is -0.141. The van der Waals surface area contributed by atoms with Gasteiger partial charge in [-0.05, 0) is 44.0 Å². The van der Waals surface area contributed by atoms with Gasteiger partial charge in [0.05, 0.1) is 6.42 Å². The van der Waals surface area contributed by atoms with Gasteiger partial charge in [0.15, 0.2) is 0 Å². The minimum Gasteiger partial charge on any atom is -0.352 e. The van der Waals surface area contributed by atoms with Crippen LogP contribution in [0.15, 0.2) is 72.8 Å². The first-order valence-corrected chi connectivity index (χ1v) is 11.7. The van der Waals surface area contributed by atoms with Crippen molar-refractivity contribution in [3.8, 4) is 0 Å². The van der Waals surface area contributed by atoms with E-state index in [9.17, 15) is 14.0 Å². The molecule has 3 aromatic rings. The van der Waals surface area contributed by atoms with E-state index < -0.39 is 11.9 Å². The van der Waals surface area contributed by atoms with Crippen molar-refractivity contribution in [3.05, 3.63) is 106 Å². The molecule has 34 heavy (non-hydrogen) atoms. The molecule has 1 N–H and O–H groups in total. The highest BCUT2D eigenvalue weighted by Crippen LogP contribution is 2.22. The van der Waals surface area contributed by atoms with Crippen LogP contribution in [0.25, 0.3) is 0 Å². The summed E-state index contributed by atoms with van der Waals surface area (Å²) in [6.07, 6.45) is 0.0968. The molecule has 0 fully saturated rings. The van der Waals surface area contributed by atoms with Crippen LogP contribution < -0.4 is 5.32 Å². The molecule has 0 aliphatic heterocycles. The summed E-state index contributed by atoms with van der Waals surface area (Å²) in [5, 5.41) is 3.14. The van der Waals surface area contributed by atoms with Crippen molar-refractivity contribution < 1.29 is 14.0 Å². The zero-order chi connectivity index (χ0) is 24.7. The van der Waals surface area contributed by atoms with E-state index >= 15 is 0 Å². The minimum absolute atomic E-state index is 0.0943. The van der Waals surface area contributed by atoms with E-state index in [0.717, 1.165) is 16.7 Å². The summed E-state index contributed by atoms with van der Waals surface area (Å²) in [5.41, 5.74) is 3.04. The summed E-state index contributed by atoms with van der Waals surface area (Å²) in [6.45, 7) is 5.96. The third-order valence-corrected chi connectivity index (χ3v) is 5.92. The number of nitrogens with one attached hydrogen (secondary N) is 1. The summed E-state index contributed by atoms with van der Waals surface area (Å²) in [6, 6.07) is 20.8. The Morgan fingerprint density at radius 3 is 2.24 bits per heavy atom. The molecule has 0 spiro atoms. The summed E-state index contributed by atoms with van der Waals surface area (Å²) >= 11 is 6.21. The number of carbonyl (C=O) groups excluding carboxylic acids is 2. The number of rotatable bonds is 9. The predicted molar refractivity (Wildman–Crippen MR) is 134 cm³/mol. The van der Waals surface area contributed by atoms with Crippen molar-refractivity contribution in [1.29, 1.82) is 0 Å². The average Bonchev–Trinajstić information content (AvgIpc) is 2.80. The van der Waals surface area contributed by atoms with Crippen molar-refractivity contribution in [1.82, 2.24) is 10.2 Å². The molecule has 0 radical (unpaired) electrons. The van der Waals surface area contributed by atoms with Gasteiger partial charge in [-0.25, -0.2) is 4.39 Å². The van der Waals surface area contributed by atoms with Gasteiger partial charge in [0.25, 0.3) is 0 Å². The lowest BCUT2D eigenvalue weighted by atomic mass is 10.0. The SMILES string of the molecule is Cc1ccc(CN(C(=O)Cc2c(F)cccc2Cl)[C@H](Cc2ccccc2)C(=O)NC(C)C)cc1. The Morgan fingerprint density at radius 2 is 1.62 bits per heavy atom. The lowest BCUT2D eigenvalue weighted by Crippen LogP contribution is -2.52. The molecule has 3 aromatic carbocycles. The highest BCUT2D eigenvalue weighted by Gasteiger charge is 2.31. The normalized spacial score (nSPS) is 11.8. The van der Waals surface area contributed by atoms with Crippen molar-refractivity contribution in [2.45, 2.75) is 52.2 Å². The fourth-order valence-corrected chi connectivity index (χ4v) is 4.01. The number of hydrogen-bond donors (Lipinski definition) is 1. The first kappa shape index (κ1) is 25.4. The first-order chi connectivity index (χ1) is 16.2. The molecule has 1 atom stereocenters. The zero-order valence-corrected chi connectivity index (χ0v) is 20.5. The molecule has 178 valence electrons. The van der Waals surface area contributed by atoms with Gasteiger partial charge in [0.2, 0.25) is 11.8 Å². The Bertz CT molecular complexity index is 1100. The summed E-state index contributed by atoms with van der Waals surface area (Å²) in [5.74, 6) is -1.16. The van der Waals surface area contributed by atoms with Crippen molar-refractivity contribution >= 4 is 23.4 Å². The molecular formula is C28H30ClFN2O2. The molecule has 0 aliphatic rings. The maximum Gasteiger partial charge on any atom is 0.243 e. The van der Waals surface area contributed by atoms with Crippen LogP contribution in [-0.2, 0) is 29.0 Å². The zero-order valence-electron chi connectivity index (χ0n) is 19.7. The van der Waals surface area contributed by atoms with E-state index in [1.807, 2.05) is 75.4 Å². The van der Waals surface area contributed by atoms with E-state index in [-0.39, 0.29) is 41.4 Å². The van der Waals surface area contributed by atoms with Gasteiger partial charge in [-0.3, -0.25) is 9.59 Å². The summed E-state index contributed by atoms with van der Waals surface area (Å²) < 4.78 is 14.5. The number of aryl methyl sites for hydroxylation is 1. The molecule has 3 rings (SSSR count). The van der Waals surface area contributed by atoms with Crippen LogP contribution in [0, 0.1) is 12.7 Å². The molecule has 0 heterocycles. The number of halogens is 2. The molecule has 0 bridgehead atoms. The number of nitrogens with zero attached hydrogens (tertiary/aromatic N) is 1. The Kier molecular flexibility index (Phi) is 8.83. The highest BCUT2D eigenvalue weighted by molar-refractivity contribution is 6.31. The van der Waals surface area contributed by atoms with E-state index in [1.54, 1.807) is 6.07 Å². The third kappa shape index (κ3) is 6.91. The Labute approximate surface area is 205 Å². The van der Waals surface area contributed by atoms with Crippen LogP contribution in [0.2, 0.25) is 5.02 Å². The Morgan fingerprint density at radius 1 is 0.941 bits per heavy atom. The van der Waals surface area contributed by atoms with Gasteiger partial charge in [-0.1, -0.05) is 77.8 Å². The fourth-order valence-electron chi connectivity index (χ4n) is 3.78. The monoisotopic (exact) mass is 480 g/mol. The highest BCUT2D eigenvalue weighted by atomic mass is 35.5. The topological polar surface area (TPSA) is 49.4 Å². The van der Waals surface area contributed by atoms with E-state index in [4.69, 9.17) is 11.6 Å². The van der Waals surface area contributed by atoms with Crippen molar-refractivity contribution in [2.24, 2.45) is 0 Å². The predicted octanol–water partition coefficient (Wildman–Crippen LogP) is 5.49. The van der Waals surface area contributed by atoms with Gasteiger partial charge >= 0.3 is 0 Å². The molecular weight excluding hydrogens is 451 g/mol. The third-order valence-electron chi connectivity index (χ3n) is 5.57. The second kappa shape index (κ2) is 11.8. The van der Waals surface area contributed by atoms with E-state index in [1.165, 1.54) is 17.0 Å². The van der Waals surface area contributed by atoms with Crippen molar-refractivity contribution in [2.75, 3.05) is 0 Å². The number of hydrogen-bond acceptors (Lipinski definition) is 2. The van der Waals surface area contributed by atoms with Gasteiger partial charge in [0, 0.05) is 29.6 Å². The van der Waals surface area contributed by atoms with Gasteiger partial charge in [-0.2, -0.15) is 0 Å². The molecule has 0 unspecified atom stereocenters. The fraction of sp³-hybridized carbons (Fsp3) is 0.286.